The number of thiazole rings is 1. The third-order valence-corrected chi connectivity index (χ3v) is 2.87. The monoisotopic (exact) mass is 213 g/mol. The van der Waals surface area contributed by atoms with Gasteiger partial charge in [-0.05, 0) is 0 Å². The van der Waals surface area contributed by atoms with Crippen molar-refractivity contribution in [3.8, 4) is 0 Å². The average Bonchev–Trinajstić information content (AvgIpc) is 2.74. The number of hydrogen-bond donors (Lipinski definition) is 1. The Morgan fingerprint density at radius 3 is 3.08 bits per heavy atom. The molecule has 4 nitrogen and oxygen atoms in total. The van der Waals surface area contributed by atoms with Gasteiger partial charge in [-0.25, -0.2) is 4.98 Å². The summed E-state index contributed by atoms with van der Waals surface area (Å²) < 4.78 is 7.78. The Labute approximate surface area is 83.2 Å². The zero-order valence-electron chi connectivity index (χ0n) is 6.62. The van der Waals surface area contributed by atoms with Gasteiger partial charge in [0.05, 0.1) is 22.9 Å². The molecular weight excluding hydrogens is 206 g/mol. The molecule has 0 spiro atoms. The van der Waals surface area contributed by atoms with Crippen LogP contribution >= 0.6 is 23.1 Å². The van der Waals surface area contributed by atoms with Crippen LogP contribution in [0.4, 0.5) is 0 Å². The summed E-state index contributed by atoms with van der Waals surface area (Å²) in [5, 5.41) is 12.5. The van der Waals surface area contributed by atoms with Gasteiger partial charge in [0.2, 0.25) is 0 Å². The molecule has 0 aliphatic carbocycles. The van der Waals surface area contributed by atoms with E-state index in [1.807, 2.05) is 5.38 Å². The molecule has 68 valence electrons. The Morgan fingerprint density at radius 2 is 2.46 bits per heavy atom. The number of hydrogen-bond acceptors (Lipinski definition) is 6. The fraction of sp³-hybridized carbons (Fsp3) is 0.286. The Hall–Kier alpha value is -0.850. The summed E-state index contributed by atoms with van der Waals surface area (Å²) in [6, 6.07) is 0. The molecular formula is C7H7N3OS2. The Morgan fingerprint density at radius 1 is 1.54 bits per heavy atom. The van der Waals surface area contributed by atoms with Gasteiger partial charge in [0.15, 0.2) is 0 Å². The molecule has 0 aromatic carbocycles. The third-order valence-electron chi connectivity index (χ3n) is 1.57. The van der Waals surface area contributed by atoms with Crippen molar-refractivity contribution < 1.29 is 5.11 Å². The molecule has 2 rings (SSSR count). The lowest BCUT2D eigenvalue weighted by molar-refractivity contribution is 0.174. The fourth-order valence-electron chi connectivity index (χ4n) is 0.942. The highest BCUT2D eigenvalue weighted by Gasteiger charge is 2.12. The van der Waals surface area contributed by atoms with Crippen LogP contribution in [0.2, 0.25) is 0 Å². The van der Waals surface area contributed by atoms with Gasteiger partial charge in [0.1, 0.15) is 11.8 Å². The molecule has 1 N–H and O–H groups in total. The summed E-state index contributed by atoms with van der Waals surface area (Å²) in [5.41, 5.74) is 0.625. The molecule has 2 heterocycles. The fourth-order valence-corrected chi connectivity index (χ4v) is 2.06. The molecule has 0 amide bonds. The molecule has 6 heteroatoms. The minimum Gasteiger partial charge on any atom is -0.386 e. The molecule has 0 saturated carbocycles. The first-order valence-corrected chi connectivity index (χ1v) is 5.31. The number of rotatable bonds is 3. The van der Waals surface area contributed by atoms with E-state index in [0.717, 1.165) is 16.7 Å². The van der Waals surface area contributed by atoms with E-state index in [4.69, 9.17) is 0 Å². The van der Waals surface area contributed by atoms with Gasteiger partial charge in [-0.1, -0.05) is 0 Å². The number of nitrogens with zero attached hydrogens (tertiary/aromatic N) is 3. The van der Waals surface area contributed by atoms with Crippen molar-refractivity contribution in [2.24, 2.45) is 0 Å². The van der Waals surface area contributed by atoms with Crippen molar-refractivity contribution in [3.05, 3.63) is 28.5 Å². The van der Waals surface area contributed by atoms with Crippen molar-refractivity contribution >= 4 is 23.1 Å². The molecule has 0 bridgehead atoms. The van der Waals surface area contributed by atoms with Crippen LogP contribution in [0.1, 0.15) is 16.8 Å². The minimum absolute atomic E-state index is 0.517. The zero-order valence-corrected chi connectivity index (χ0v) is 8.25. The Bertz CT molecular complexity index is 346. The van der Waals surface area contributed by atoms with E-state index in [0.29, 0.717) is 12.1 Å². The molecule has 0 aliphatic rings. The van der Waals surface area contributed by atoms with Crippen LogP contribution in [-0.4, -0.2) is 18.8 Å². The normalized spacial score (nSPS) is 13.0. The average molecular weight is 213 g/mol. The number of aliphatic hydroxyl groups is 1. The van der Waals surface area contributed by atoms with Gasteiger partial charge >= 0.3 is 0 Å². The van der Waals surface area contributed by atoms with Crippen molar-refractivity contribution in [1.29, 1.82) is 0 Å². The zero-order chi connectivity index (χ0) is 9.10. The molecule has 1 atom stereocenters. The standard InChI is InChI=1S/C7H7N3OS2/c11-6(5-4-9-13-10-5)3-7-8-1-2-12-7/h1-2,4,6,11H,3H2. The minimum atomic E-state index is -0.579. The van der Waals surface area contributed by atoms with Gasteiger partial charge in [-0.2, -0.15) is 8.75 Å². The predicted molar refractivity (Wildman–Crippen MR) is 50.7 cm³/mol. The maximum Gasteiger partial charge on any atom is 0.105 e. The predicted octanol–water partition coefficient (Wildman–Crippen LogP) is 1.27. The van der Waals surface area contributed by atoms with Gasteiger partial charge in [-0.15, -0.1) is 11.3 Å². The van der Waals surface area contributed by atoms with Crippen molar-refractivity contribution in [1.82, 2.24) is 13.7 Å². The van der Waals surface area contributed by atoms with Gasteiger partial charge in [0, 0.05) is 18.0 Å². The second-order valence-corrected chi connectivity index (χ2v) is 4.01. The van der Waals surface area contributed by atoms with Gasteiger partial charge < -0.3 is 5.11 Å². The first-order chi connectivity index (χ1) is 6.36. The second kappa shape index (κ2) is 3.91. The van der Waals surface area contributed by atoms with Crippen LogP contribution in [-0.2, 0) is 6.42 Å². The quantitative estimate of drug-likeness (QED) is 0.834. The topological polar surface area (TPSA) is 58.9 Å². The van der Waals surface area contributed by atoms with E-state index in [2.05, 4.69) is 13.7 Å². The summed E-state index contributed by atoms with van der Waals surface area (Å²) in [7, 11) is 0. The third kappa shape index (κ3) is 2.09. The summed E-state index contributed by atoms with van der Waals surface area (Å²) in [5.74, 6) is 0. The highest BCUT2D eigenvalue weighted by Crippen LogP contribution is 2.17. The van der Waals surface area contributed by atoms with E-state index in [-0.39, 0.29) is 0 Å². The SMILES string of the molecule is OC(Cc1nccs1)c1cnsn1. The van der Waals surface area contributed by atoms with E-state index in [1.165, 1.54) is 11.3 Å². The maximum atomic E-state index is 9.65. The molecule has 1 unspecified atom stereocenters. The van der Waals surface area contributed by atoms with Crippen LogP contribution in [0.25, 0.3) is 0 Å². The highest BCUT2D eigenvalue weighted by molar-refractivity contribution is 7.09. The second-order valence-electron chi connectivity index (χ2n) is 2.48. The summed E-state index contributed by atoms with van der Waals surface area (Å²) in [4.78, 5) is 4.08. The number of aromatic nitrogens is 3. The lowest BCUT2D eigenvalue weighted by Gasteiger charge is -2.02. The van der Waals surface area contributed by atoms with E-state index >= 15 is 0 Å². The molecule has 13 heavy (non-hydrogen) atoms. The van der Waals surface area contributed by atoms with Crippen molar-refractivity contribution in [2.45, 2.75) is 12.5 Å². The van der Waals surface area contributed by atoms with Crippen LogP contribution in [0.3, 0.4) is 0 Å². The van der Waals surface area contributed by atoms with Crippen molar-refractivity contribution in [3.63, 3.8) is 0 Å². The van der Waals surface area contributed by atoms with E-state index in [1.54, 1.807) is 12.4 Å². The van der Waals surface area contributed by atoms with Crippen LogP contribution < -0.4 is 0 Å². The van der Waals surface area contributed by atoms with E-state index < -0.39 is 6.10 Å². The summed E-state index contributed by atoms with van der Waals surface area (Å²) in [6.45, 7) is 0. The first kappa shape index (κ1) is 8.74. The lowest BCUT2D eigenvalue weighted by Crippen LogP contribution is -2.01. The highest BCUT2D eigenvalue weighted by atomic mass is 32.1. The van der Waals surface area contributed by atoms with Crippen LogP contribution in [0.15, 0.2) is 17.8 Å². The van der Waals surface area contributed by atoms with Crippen LogP contribution in [0.5, 0.6) is 0 Å². The molecule has 0 aliphatic heterocycles. The molecule has 0 radical (unpaired) electrons. The first-order valence-electron chi connectivity index (χ1n) is 3.70. The van der Waals surface area contributed by atoms with Gasteiger partial charge in [0.25, 0.3) is 0 Å². The molecule has 2 aromatic rings. The summed E-state index contributed by atoms with van der Waals surface area (Å²) >= 11 is 2.64. The number of aliphatic hydroxyl groups excluding tert-OH is 1. The van der Waals surface area contributed by atoms with E-state index in [9.17, 15) is 5.11 Å². The Balaban J connectivity index is 2.04. The van der Waals surface area contributed by atoms with Gasteiger partial charge in [-0.3, -0.25) is 0 Å². The van der Waals surface area contributed by atoms with Crippen molar-refractivity contribution in [2.75, 3.05) is 0 Å². The molecule has 2 aromatic heterocycles. The summed E-state index contributed by atoms with van der Waals surface area (Å²) in [6.07, 6.45) is 3.25. The molecule has 0 fully saturated rings. The van der Waals surface area contributed by atoms with Crippen LogP contribution in [0, 0.1) is 0 Å². The maximum absolute atomic E-state index is 9.65. The largest absolute Gasteiger partial charge is 0.386 e. The molecule has 0 saturated heterocycles. The smallest absolute Gasteiger partial charge is 0.105 e. The lowest BCUT2D eigenvalue weighted by atomic mass is 10.2. The Kier molecular flexibility index (Phi) is 2.62.